The fraction of sp³-hybridized carbons (Fsp3) is 0.312. The van der Waals surface area contributed by atoms with Crippen molar-refractivity contribution in [3.05, 3.63) is 49.8 Å². The Bertz CT molecular complexity index is 779. The van der Waals surface area contributed by atoms with Gasteiger partial charge in [0.05, 0.1) is 17.9 Å². The van der Waals surface area contributed by atoms with Gasteiger partial charge in [-0.1, -0.05) is 29.3 Å². The summed E-state index contributed by atoms with van der Waals surface area (Å²) in [6.07, 6.45) is 0.504. The van der Waals surface area contributed by atoms with E-state index in [1.165, 1.54) is 0 Å². The zero-order valence-electron chi connectivity index (χ0n) is 11.9. The predicted octanol–water partition coefficient (Wildman–Crippen LogP) is 1.29. The summed E-state index contributed by atoms with van der Waals surface area (Å²) in [5.74, 6) is -0.380. The van der Waals surface area contributed by atoms with E-state index in [2.05, 4.69) is 5.32 Å². The molecule has 2 aromatic carbocycles. The fourth-order valence-corrected chi connectivity index (χ4v) is 2.72. The van der Waals surface area contributed by atoms with Crippen LogP contribution in [0.15, 0.2) is 27.8 Å². The van der Waals surface area contributed by atoms with Gasteiger partial charge < -0.3 is 10.1 Å². The molecule has 2 aromatic rings. The van der Waals surface area contributed by atoms with Crippen molar-refractivity contribution in [2.75, 3.05) is 11.9 Å². The fourth-order valence-electron chi connectivity index (χ4n) is 2.72. The molecule has 5 heteroatoms. The van der Waals surface area contributed by atoms with E-state index in [1.54, 1.807) is 0 Å². The van der Waals surface area contributed by atoms with E-state index >= 15 is 0 Å². The normalized spacial score (nSPS) is 18.0. The van der Waals surface area contributed by atoms with Gasteiger partial charge in [0, 0.05) is 6.42 Å². The van der Waals surface area contributed by atoms with Gasteiger partial charge in [-0.2, -0.15) is 0 Å². The molecule has 0 spiro atoms. The zero-order valence-corrected chi connectivity index (χ0v) is 11.9. The molecule has 1 fully saturated rings. The lowest BCUT2D eigenvalue weighted by Crippen LogP contribution is -2.39. The van der Waals surface area contributed by atoms with Gasteiger partial charge in [0.25, 0.3) is 0 Å². The van der Waals surface area contributed by atoms with Crippen LogP contribution in [0.5, 0.6) is 0 Å². The smallest absolute Gasteiger partial charge is 0.328 e. The molecule has 0 aromatic heterocycles. The van der Waals surface area contributed by atoms with Crippen molar-refractivity contribution >= 4 is 11.7 Å². The predicted molar refractivity (Wildman–Crippen MR) is 79.3 cm³/mol. The number of carbonyl (C=O) groups excluding carboxylic acids is 1. The average Bonchev–Trinajstić information content (AvgIpc) is 2.82. The van der Waals surface area contributed by atoms with Gasteiger partial charge in [-0.05, 0) is 19.4 Å². The van der Waals surface area contributed by atoms with Crippen LogP contribution in [0.25, 0.3) is 11.1 Å². The van der Waals surface area contributed by atoms with E-state index in [-0.39, 0.29) is 11.7 Å². The molecule has 0 radical (unpaired) electrons. The van der Waals surface area contributed by atoms with Gasteiger partial charge >= 0.3 is 5.97 Å². The molecular formula is C16H15NO4. The summed E-state index contributed by atoms with van der Waals surface area (Å²) in [6, 6.07) is 5.18. The number of anilines is 1. The Hall–Kier alpha value is -2.43. The number of esters is 1. The van der Waals surface area contributed by atoms with Crippen LogP contribution in [0.3, 0.4) is 0 Å². The van der Waals surface area contributed by atoms with Crippen LogP contribution < -0.4 is 16.2 Å². The molecular weight excluding hydrogens is 270 g/mol. The van der Waals surface area contributed by atoms with E-state index < -0.39 is 16.9 Å². The lowest BCUT2D eigenvalue weighted by Gasteiger charge is -2.16. The first-order valence-electron chi connectivity index (χ1n) is 6.82. The first kappa shape index (κ1) is 13.5. The SMILES string of the molecule is Cc1cc(C)cc(-c2c(NC3CCOC3=O)c(=O)c2=O)c1. The summed E-state index contributed by atoms with van der Waals surface area (Å²) in [7, 11) is 0. The van der Waals surface area contributed by atoms with Crippen molar-refractivity contribution < 1.29 is 9.53 Å². The molecule has 0 bridgehead atoms. The second kappa shape index (κ2) is 4.84. The molecule has 1 N–H and O–H groups in total. The topological polar surface area (TPSA) is 72.5 Å². The minimum absolute atomic E-state index is 0.230. The zero-order chi connectivity index (χ0) is 15.1. The number of nitrogens with one attached hydrogen (secondary N) is 1. The van der Waals surface area contributed by atoms with Gasteiger partial charge in [0.1, 0.15) is 6.04 Å². The summed E-state index contributed by atoms with van der Waals surface area (Å²) in [5.41, 5.74) is 2.28. The highest BCUT2D eigenvalue weighted by atomic mass is 16.5. The van der Waals surface area contributed by atoms with Gasteiger partial charge in [-0.25, -0.2) is 4.79 Å². The van der Waals surface area contributed by atoms with Gasteiger partial charge in [-0.3, -0.25) is 9.59 Å². The number of cyclic esters (lactones) is 1. The lowest BCUT2D eigenvalue weighted by molar-refractivity contribution is -0.138. The van der Waals surface area contributed by atoms with Crippen molar-refractivity contribution in [3.8, 4) is 11.1 Å². The van der Waals surface area contributed by atoms with E-state index in [1.807, 2.05) is 32.0 Å². The van der Waals surface area contributed by atoms with E-state index in [4.69, 9.17) is 4.74 Å². The molecule has 5 nitrogen and oxygen atoms in total. The molecule has 21 heavy (non-hydrogen) atoms. The maximum Gasteiger partial charge on any atom is 0.328 e. The van der Waals surface area contributed by atoms with E-state index in [0.717, 1.165) is 11.1 Å². The Kier molecular flexibility index (Phi) is 3.12. The molecule has 0 amide bonds. The van der Waals surface area contributed by atoms with Crippen LogP contribution in [0.1, 0.15) is 17.5 Å². The number of carbonyl (C=O) groups is 1. The maximum atomic E-state index is 11.9. The van der Waals surface area contributed by atoms with Crippen molar-refractivity contribution in [2.45, 2.75) is 26.3 Å². The second-order valence-electron chi connectivity index (χ2n) is 5.44. The highest BCUT2D eigenvalue weighted by Crippen LogP contribution is 2.27. The largest absolute Gasteiger partial charge is 0.464 e. The Morgan fingerprint density at radius 3 is 2.29 bits per heavy atom. The van der Waals surface area contributed by atoms with Crippen molar-refractivity contribution in [3.63, 3.8) is 0 Å². The standard InChI is InChI=1S/C16H15NO4/c1-8-5-9(2)7-10(6-8)12-13(15(19)14(12)18)17-11-3-4-21-16(11)20/h5-7,11,17H,3-4H2,1-2H3. The number of ether oxygens (including phenoxy) is 1. The summed E-state index contributed by atoms with van der Waals surface area (Å²) in [6.45, 7) is 4.21. The van der Waals surface area contributed by atoms with Crippen LogP contribution in [-0.2, 0) is 9.53 Å². The summed E-state index contributed by atoms with van der Waals surface area (Å²) < 4.78 is 4.86. The minimum atomic E-state index is -0.566. The Morgan fingerprint density at radius 1 is 1.05 bits per heavy atom. The average molecular weight is 285 g/mol. The van der Waals surface area contributed by atoms with Crippen LogP contribution in [0, 0.1) is 13.8 Å². The second-order valence-corrected chi connectivity index (χ2v) is 5.44. The number of benzene rings is 1. The summed E-state index contributed by atoms with van der Waals surface area (Å²) in [4.78, 5) is 35.2. The molecule has 0 saturated carbocycles. The summed E-state index contributed by atoms with van der Waals surface area (Å²) in [5, 5.41) is 2.87. The van der Waals surface area contributed by atoms with Crippen LogP contribution in [-0.4, -0.2) is 18.6 Å². The molecule has 0 aliphatic carbocycles. The third kappa shape index (κ3) is 2.24. The van der Waals surface area contributed by atoms with Gasteiger partial charge in [0.2, 0.25) is 10.9 Å². The summed E-state index contributed by atoms with van der Waals surface area (Å²) >= 11 is 0. The van der Waals surface area contributed by atoms with Crippen molar-refractivity contribution in [2.24, 2.45) is 0 Å². The highest BCUT2D eigenvalue weighted by molar-refractivity contribution is 5.87. The first-order chi connectivity index (χ1) is 9.97. The lowest BCUT2D eigenvalue weighted by atomic mass is 9.95. The molecule has 1 heterocycles. The third-order valence-corrected chi connectivity index (χ3v) is 3.67. The van der Waals surface area contributed by atoms with E-state index in [9.17, 15) is 14.4 Å². The van der Waals surface area contributed by atoms with Gasteiger partial charge in [-0.15, -0.1) is 0 Å². The van der Waals surface area contributed by atoms with Crippen LogP contribution in [0.4, 0.5) is 5.69 Å². The minimum Gasteiger partial charge on any atom is -0.464 e. The number of hydrogen-bond acceptors (Lipinski definition) is 5. The van der Waals surface area contributed by atoms with Crippen LogP contribution in [0.2, 0.25) is 0 Å². The Balaban J connectivity index is 2.00. The molecule has 1 aliphatic rings. The Morgan fingerprint density at radius 2 is 1.71 bits per heavy atom. The number of hydrogen-bond donors (Lipinski definition) is 1. The third-order valence-electron chi connectivity index (χ3n) is 3.67. The quantitative estimate of drug-likeness (QED) is 0.679. The van der Waals surface area contributed by atoms with E-state index in [0.29, 0.717) is 24.2 Å². The van der Waals surface area contributed by atoms with Crippen molar-refractivity contribution in [1.82, 2.24) is 0 Å². The molecule has 3 rings (SSSR count). The highest BCUT2D eigenvalue weighted by Gasteiger charge is 2.31. The molecule has 1 saturated heterocycles. The number of rotatable bonds is 3. The van der Waals surface area contributed by atoms with Crippen LogP contribution >= 0.6 is 0 Å². The number of aryl methyl sites for hydroxylation is 2. The molecule has 1 aliphatic heterocycles. The monoisotopic (exact) mass is 285 g/mol. The molecule has 1 unspecified atom stereocenters. The first-order valence-corrected chi connectivity index (χ1v) is 6.82. The molecule has 108 valence electrons. The van der Waals surface area contributed by atoms with Gasteiger partial charge in [0.15, 0.2) is 0 Å². The maximum absolute atomic E-state index is 11.9. The Labute approximate surface area is 121 Å². The molecule has 1 atom stereocenters. The van der Waals surface area contributed by atoms with Crippen molar-refractivity contribution in [1.29, 1.82) is 0 Å².